The minimum absolute atomic E-state index is 0.00546. The molecule has 0 bridgehead atoms. The van der Waals surface area contributed by atoms with Crippen molar-refractivity contribution in [3.8, 4) is 44.5 Å². The summed E-state index contributed by atoms with van der Waals surface area (Å²) in [5.41, 5.74) is 16.4. The molecule has 0 fully saturated rings. The van der Waals surface area contributed by atoms with Crippen LogP contribution in [0.4, 0.5) is 0 Å². The number of hydrogen-bond donors (Lipinski definition) is 0. The van der Waals surface area contributed by atoms with Crippen LogP contribution in [0.25, 0.3) is 64.7 Å². The van der Waals surface area contributed by atoms with Gasteiger partial charge in [-0.05, 0) is 97.1 Å². The molecule has 0 amide bonds. The van der Waals surface area contributed by atoms with E-state index in [1.54, 1.807) is 0 Å². The van der Waals surface area contributed by atoms with Crippen molar-refractivity contribution in [2.45, 2.75) is 38.5 Å². The molecule has 0 atom stereocenters. The van der Waals surface area contributed by atoms with E-state index in [4.69, 9.17) is 0 Å². The largest absolute Gasteiger partial charge is 0.135 e. The van der Waals surface area contributed by atoms with E-state index >= 15 is 0 Å². The number of benzene rings is 6. The zero-order chi connectivity index (χ0) is 29.1. The van der Waals surface area contributed by atoms with Crippen molar-refractivity contribution in [3.05, 3.63) is 144 Å². The van der Waals surface area contributed by atoms with Gasteiger partial charge in [-0.1, -0.05) is 119 Å². The second-order valence-electron chi connectivity index (χ2n) is 13.4. The first kappa shape index (κ1) is 25.1. The van der Waals surface area contributed by atoms with E-state index < -0.39 is 0 Å². The number of thiophene rings is 1. The molecule has 0 N–H and O–H groups in total. The lowest BCUT2D eigenvalue weighted by Crippen LogP contribution is -2.17. The van der Waals surface area contributed by atoms with Gasteiger partial charge in [0.25, 0.3) is 0 Å². The molecule has 43 heavy (non-hydrogen) atoms. The number of hydrogen-bond acceptors (Lipinski definition) is 1. The third-order valence-corrected chi connectivity index (χ3v) is 11.5. The van der Waals surface area contributed by atoms with Gasteiger partial charge in [0, 0.05) is 31.0 Å². The Kier molecular flexibility index (Phi) is 4.99. The molecular formula is C42H32S. The maximum absolute atomic E-state index is 2.50. The molecule has 1 heterocycles. The Hall–Kier alpha value is -4.46. The molecule has 0 unspecified atom stereocenters. The van der Waals surface area contributed by atoms with Crippen molar-refractivity contribution >= 4 is 31.5 Å². The van der Waals surface area contributed by atoms with Crippen molar-refractivity contribution in [3.63, 3.8) is 0 Å². The van der Waals surface area contributed by atoms with Crippen LogP contribution < -0.4 is 0 Å². The molecule has 2 aliphatic carbocycles. The summed E-state index contributed by atoms with van der Waals surface area (Å²) in [4.78, 5) is 0. The molecule has 2 aliphatic rings. The van der Waals surface area contributed by atoms with Gasteiger partial charge in [0.15, 0.2) is 0 Å². The van der Waals surface area contributed by atoms with E-state index in [1.165, 1.54) is 86.9 Å². The molecule has 7 aromatic rings. The monoisotopic (exact) mass is 568 g/mol. The minimum atomic E-state index is -0.0718. The summed E-state index contributed by atoms with van der Waals surface area (Å²) in [6, 6.07) is 45.8. The molecule has 1 aromatic heterocycles. The maximum atomic E-state index is 2.50. The molecule has 1 heteroatoms. The van der Waals surface area contributed by atoms with Crippen molar-refractivity contribution in [2.75, 3.05) is 0 Å². The third-order valence-electron chi connectivity index (χ3n) is 10.3. The molecular weight excluding hydrogens is 537 g/mol. The summed E-state index contributed by atoms with van der Waals surface area (Å²) in [7, 11) is 0. The highest BCUT2D eigenvalue weighted by atomic mass is 32.1. The van der Waals surface area contributed by atoms with Crippen molar-refractivity contribution < 1.29 is 0 Å². The summed E-state index contributed by atoms with van der Waals surface area (Å²) in [6.07, 6.45) is 0. The van der Waals surface area contributed by atoms with Gasteiger partial charge in [-0.3, -0.25) is 0 Å². The van der Waals surface area contributed by atoms with E-state index in [1.807, 2.05) is 11.3 Å². The highest BCUT2D eigenvalue weighted by Crippen LogP contribution is 2.56. The van der Waals surface area contributed by atoms with E-state index in [0.29, 0.717) is 0 Å². The third kappa shape index (κ3) is 3.37. The first-order valence-electron chi connectivity index (χ1n) is 15.3. The second kappa shape index (κ2) is 8.56. The molecule has 0 radical (unpaired) electrons. The summed E-state index contributed by atoms with van der Waals surface area (Å²) in [5.74, 6) is 0. The van der Waals surface area contributed by atoms with Crippen LogP contribution in [0.1, 0.15) is 49.9 Å². The van der Waals surface area contributed by atoms with Gasteiger partial charge in [0.2, 0.25) is 0 Å². The molecule has 0 spiro atoms. The summed E-state index contributed by atoms with van der Waals surface area (Å²) >= 11 is 1.90. The Morgan fingerprint density at radius 2 is 0.977 bits per heavy atom. The van der Waals surface area contributed by atoms with Gasteiger partial charge >= 0.3 is 0 Å². The minimum Gasteiger partial charge on any atom is -0.135 e. The van der Waals surface area contributed by atoms with Gasteiger partial charge in [-0.15, -0.1) is 11.3 Å². The van der Waals surface area contributed by atoms with Gasteiger partial charge in [-0.2, -0.15) is 0 Å². The van der Waals surface area contributed by atoms with E-state index in [-0.39, 0.29) is 10.8 Å². The van der Waals surface area contributed by atoms with Crippen molar-refractivity contribution in [1.82, 2.24) is 0 Å². The van der Waals surface area contributed by atoms with Crippen LogP contribution in [0.2, 0.25) is 0 Å². The fraction of sp³-hybridized carbons (Fsp3) is 0.143. The Balaban J connectivity index is 1.16. The fourth-order valence-electron chi connectivity index (χ4n) is 7.95. The van der Waals surface area contributed by atoms with Crippen LogP contribution in [0.15, 0.2) is 121 Å². The van der Waals surface area contributed by atoms with E-state index in [2.05, 4.69) is 149 Å². The van der Waals surface area contributed by atoms with Gasteiger partial charge in [0.05, 0.1) is 0 Å². The molecule has 6 aromatic carbocycles. The van der Waals surface area contributed by atoms with Gasteiger partial charge < -0.3 is 0 Å². The molecule has 0 saturated carbocycles. The number of fused-ring (bicyclic) bond motifs is 9. The molecule has 0 aliphatic heterocycles. The quantitative estimate of drug-likeness (QED) is 0.195. The van der Waals surface area contributed by atoms with Crippen LogP contribution >= 0.6 is 11.3 Å². The van der Waals surface area contributed by atoms with E-state index in [9.17, 15) is 0 Å². The standard InChI is InChI=1S/C42H32S/c1-41(2)35-17-7-5-13-29(35)33-23-38-34(24-37(33)41)30-20-19-26(22-36(30)42(38,3)4)25-11-9-12-27(21-25)28-15-10-16-32-31-14-6-8-18-39(31)43-40(28)32/h5-24H,1-4H3. The van der Waals surface area contributed by atoms with Crippen LogP contribution in [-0.2, 0) is 10.8 Å². The van der Waals surface area contributed by atoms with Crippen LogP contribution in [-0.4, -0.2) is 0 Å². The molecule has 0 nitrogen and oxygen atoms in total. The average Bonchev–Trinajstić information content (AvgIpc) is 3.60. The Labute approximate surface area is 257 Å². The normalized spacial score (nSPS) is 15.3. The Morgan fingerprint density at radius 1 is 0.395 bits per heavy atom. The zero-order valence-electron chi connectivity index (χ0n) is 25.0. The first-order valence-corrected chi connectivity index (χ1v) is 16.1. The van der Waals surface area contributed by atoms with Crippen molar-refractivity contribution in [2.24, 2.45) is 0 Å². The Morgan fingerprint density at radius 3 is 1.81 bits per heavy atom. The summed E-state index contributed by atoms with van der Waals surface area (Å²) < 4.78 is 2.71. The SMILES string of the molecule is CC1(C)c2ccccc2-c2cc3c(cc21)-c1ccc(-c2cccc(-c4cccc5c4sc4ccccc45)c2)cc1C3(C)C. The predicted molar refractivity (Wildman–Crippen MR) is 185 cm³/mol. The molecule has 9 rings (SSSR count). The van der Waals surface area contributed by atoms with E-state index in [0.717, 1.165) is 0 Å². The highest BCUT2D eigenvalue weighted by Gasteiger charge is 2.41. The maximum Gasteiger partial charge on any atom is 0.0433 e. The zero-order valence-corrected chi connectivity index (χ0v) is 25.8. The van der Waals surface area contributed by atoms with Crippen LogP contribution in [0.5, 0.6) is 0 Å². The first-order chi connectivity index (χ1) is 20.8. The smallest absolute Gasteiger partial charge is 0.0433 e. The lowest BCUT2D eigenvalue weighted by molar-refractivity contribution is 0.652. The van der Waals surface area contributed by atoms with Gasteiger partial charge in [-0.25, -0.2) is 0 Å². The summed E-state index contributed by atoms with van der Waals surface area (Å²) in [5, 5.41) is 2.69. The Bertz CT molecular complexity index is 2290. The lowest BCUT2D eigenvalue weighted by Gasteiger charge is -2.24. The van der Waals surface area contributed by atoms with Crippen molar-refractivity contribution in [1.29, 1.82) is 0 Å². The topological polar surface area (TPSA) is 0 Å². The lowest BCUT2D eigenvalue weighted by atomic mass is 9.79. The predicted octanol–water partition coefficient (Wildman–Crippen LogP) is 12.0. The summed E-state index contributed by atoms with van der Waals surface area (Å²) in [6.45, 7) is 9.55. The van der Waals surface area contributed by atoms with Crippen LogP contribution in [0.3, 0.4) is 0 Å². The second-order valence-corrected chi connectivity index (χ2v) is 14.4. The molecule has 206 valence electrons. The highest BCUT2D eigenvalue weighted by molar-refractivity contribution is 7.26. The number of rotatable bonds is 2. The van der Waals surface area contributed by atoms with Gasteiger partial charge in [0.1, 0.15) is 0 Å². The average molecular weight is 569 g/mol. The van der Waals surface area contributed by atoms with Crippen LogP contribution in [0, 0.1) is 0 Å². The molecule has 0 saturated heterocycles. The fourth-order valence-corrected chi connectivity index (χ4v) is 9.19.